The lowest BCUT2D eigenvalue weighted by atomic mass is 10.1. The highest BCUT2D eigenvalue weighted by atomic mass is 16.5. The first-order chi connectivity index (χ1) is 14.0. The van der Waals surface area contributed by atoms with Crippen LogP contribution in [-0.2, 0) is 16.0 Å². The summed E-state index contributed by atoms with van der Waals surface area (Å²) in [6, 6.07) is 17.0. The molecular weight excluding hydrogens is 368 g/mol. The molecule has 1 amide bonds. The van der Waals surface area contributed by atoms with E-state index in [0.29, 0.717) is 18.4 Å². The van der Waals surface area contributed by atoms with E-state index in [2.05, 4.69) is 10.3 Å². The summed E-state index contributed by atoms with van der Waals surface area (Å²) in [5.74, 6) is 0.142. The van der Waals surface area contributed by atoms with E-state index in [0.717, 1.165) is 16.7 Å². The molecule has 0 atom stereocenters. The van der Waals surface area contributed by atoms with Gasteiger partial charge in [0.05, 0.1) is 19.2 Å². The number of ether oxygens (including phenoxy) is 2. The van der Waals surface area contributed by atoms with Crippen molar-refractivity contribution in [3.8, 4) is 5.75 Å². The van der Waals surface area contributed by atoms with E-state index in [1.54, 1.807) is 31.4 Å². The van der Waals surface area contributed by atoms with Gasteiger partial charge in [-0.15, -0.1) is 0 Å². The molecule has 6 heteroatoms. The molecule has 3 rings (SSSR count). The third kappa shape index (κ3) is 5.78. The molecule has 150 valence electrons. The zero-order valence-electron chi connectivity index (χ0n) is 16.6. The summed E-state index contributed by atoms with van der Waals surface area (Å²) >= 11 is 0. The number of pyridine rings is 1. The fourth-order valence-electron chi connectivity index (χ4n) is 2.85. The Kier molecular flexibility index (Phi) is 6.79. The number of methoxy groups -OCH3 is 1. The number of hydrogen-bond donors (Lipinski definition) is 1. The Labute approximate surface area is 169 Å². The van der Waals surface area contributed by atoms with Crippen molar-refractivity contribution in [1.82, 2.24) is 10.3 Å². The summed E-state index contributed by atoms with van der Waals surface area (Å²) in [7, 11) is 1.60. The van der Waals surface area contributed by atoms with Crippen LogP contribution in [0, 0.1) is 6.92 Å². The summed E-state index contributed by atoms with van der Waals surface area (Å²) in [5.41, 5.74) is 3.23. The lowest BCUT2D eigenvalue weighted by Crippen LogP contribution is -2.28. The standard InChI is InChI=1S/C23H24N2O4/c1-16-3-5-17(6-4-16)7-12-22(26)24-13-14-29-23(27)21-10-8-18-15-19(28-2)9-11-20(18)25-21/h3-6,8-11,15H,7,12-14H2,1-2H3,(H,24,26). The highest BCUT2D eigenvalue weighted by Crippen LogP contribution is 2.19. The number of fused-ring (bicyclic) bond motifs is 1. The number of nitrogens with zero attached hydrogens (tertiary/aromatic N) is 1. The molecule has 0 aliphatic heterocycles. The van der Waals surface area contributed by atoms with Crippen molar-refractivity contribution in [3.05, 3.63) is 71.4 Å². The molecule has 0 radical (unpaired) electrons. The molecule has 0 aliphatic carbocycles. The molecule has 3 aromatic rings. The quantitative estimate of drug-likeness (QED) is 0.469. The van der Waals surface area contributed by atoms with Crippen molar-refractivity contribution in [3.63, 3.8) is 0 Å². The first-order valence-electron chi connectivity index (χ1n) is 9.49. The van der Waals surface area contributed by atoms with Crippen molar-refractivity contribution >= 4 is 22.8 Å². The van der Waals surface area contributed by atoms with Crippen molar-refractivity contribution < 1.29 is 19.1 Å². The SMILES string of the molecule is COc1ccc2nc(C(=O)OCCNC(=O)CCc3ccc(C)cc3)ccc2c1. The Bertz CT molecular complexity index is 999. The van der Waals surface area contributed by atoms with E-state index in [9.17, 15) is 9.59 Å². The van der Waals surface area contributed by atoms with Crippen LogP contribution in [0.3, 0.4) is 0 Å². The zero-order chi connectivity index (χ0) is 20.6. The van der Waals surface area contributed by atoms with E-state index in [1.165, 1.54) is 5.56 Å². The number of aryl methyl sites for hydroxylation is 2. The molecule has 2 aromatic carbocycles. The minimum Gasteiger partial charge on any atom is -0.497 e. The van der Waals surface area contributed by atoms with Crippen LogP contribution in [0.25, 0.3) is 10.9 Å². The molecule has 6 nitrogen and oxygen atoms in total. The van der Waals surface area contributed by atoms with Crippen LogP contribution in [0.4, 0.5) is 0 Å². The first-order valence-corrected chi connectivity index (χ1v) is 9.49. The van der Waals surface area contributed by atoms with Crippen LogP contribution in [0.2, 0.25) is 0 Å². The molecular formula is C23H24N2O4. The molecule has 29 heavy (non-hydrogen) atoms. The second-order valence-corrected chi connectivity index (χ2v) is 6.73. The predicted octanol–water partition coefficient (Wildman–Crippen LogP) is 3.46. The Balaban J connectivity index is 1.41. The van der Waals surface area contributed by atoms with Crippen LogP contribution in [0.5, 0.6) is 5.75 Å². The van der Waals surface area contributed by atoms with Gasteiger partial charge in [-0.1, -0.05) is 35.9 Å². The normalized spacial score (nSPS) is 10.6. The maximum Gasteiger partial charge on any atom is 0.357 e. The zero-order valence-corrected chi connectivity index (χ0v) is 16.6. The van der Waals surface area contributed by atoms with Gasteiger partial charge in [-0.25, -0.2) is 9.78 Å². The van der Waals surface area contributed by atoms with Crippen LogP contribution in [0.15, 0.2) is 54.6 Å². The summed E-state index contributed by atoms with van der Waals surface area (Å²) < 4.78 is 10.4. The third-order valence-electron chi connectivity index (χ3n) is 4.52. The molecule has 0 bridgehead atoms. The average Bonchev–Trinajstić information content (AvgIpc) is 2.75. The van der Waals surface area contributed by atoms with E-state index in [4.69, 9.17) is 9.47 Å². The maximum atomic E-state index is 12.2. The largest absolute Gasteiger partial charge is 0.497 e. The number of aromatic nitrogens is 1. The van der Waals surface area contributed by atoms with Crippen LogP contribution in [-0.4, -0.2) is 37.1 Å². The topological polar surface area (TPSA) is 77.5 Å². The molecule has 1 aromatic heterocycles. The van der Waals surface area contributed by atoms with E-state index in [1.807, 2.05) is 37.3 Å². The third-order valence-corrected chi connectivity index (χ3v) is 4.52. The molecule has 0 fully saturated rings. The molecule has 0 aliphatic rings. The fraction of sp³-hybridized carbons (Fsp3) is 0.261. The Morgan fingerprint density at radius 1 is 1.03 bits per heavy atom. The highest BCUT2D eigenvalue weighted by molar-refractivity contribution is 5.91. The second-order valence-electron chi connectivity index (χ2n) is 6.73. The van der Waals surface area contributed by atoms with Gasteiger partial charge in [-0.2, -0.15) is 0 Å². The molecule has 0 saturated carbocycles. The van der Waals surface area contributed by atoms with Gasteiger partial charge >= 0.3 is 5.97 Å². The molecule has 1 N–H and O–H groups in total. The Morgan fingerprint density at radius 2 is 1.83 bits per heavy atom. The van der Waals surface area contributed by atoms with E-state index >= 15 is 0 Å². The summed E-state index contributed by atoms with van der Waals surface area (Å²) in [4.78, 5) is 28.4. The number of rotatable bonds is 8. The fourth-order valence-corrected chi connectivity index (χ4v) is 2.85. The maximum absolute atomic E-state index is 12.2. The lowest BCUT2D eigenvalue weighted by Gasteiger charge is -2.08. The second kappa shape index (κ2) is 9.68. The predicted molar refractivity (Wildman–Crippen MR) is 111 cm³/mol. The van der Waals surface area contributed by atoms with Gasteiger partial charge in [0.2, 0.25) is 5.91 Å². The number of amides is 1. The van der Waals surface area contributed by atoms with Gasteiger partial charge in [0.15, 0.2) is 0 Å². The summed E-state index contributed by atoms with van der Waals surface area (Å²) in [6.45, 7) is 2.39. The first kappa shape index (κ1) is 20.3. The number of hydrogen-bond acceptors (Lipinski definition) is 5. The molecule has 1 heterocycles. The Hall–Kier alpha value is -3.41. The molecule has 0 saturated heterocycles. The number of nitrogens with one attached hydrogen (secondary N) is 1. The van der Waals surface area contributed by atoms with Crippen molar-refractivity contribution in [2.24, 2.45) is 0 Å². The number of benzene rings is 2. The average molecular weight is 392 g/mol. The number of carbonyl (C=O) groups excluding carboxylic acids is 2. The van der Waals surface area contributed by atoms with Crippen LogP contribution in [0.1, 0.15) is 28.0 Å². The Morgan fingerprint density at radius 3 is 2.59 bits per heavy atom. The van der Waals surface area contributed by atoms with Gasteiger partial charge in [0, 0.05) is 11.8 Å². The molecule has 0 unspecified atom stereocenters. The lowest BCUT2D eigenvalue weighted by molar-refractivity contribution is -0.121. The van der Waals surface area contributed by atoms with Gasteiger partial charge in [0.25, 0.3) is 0 Å². The van der Waals surface area contributed by atoms with E-state index in [-0.39, 0.29) is 24.8 Å². The van der Waals surface area contributed by atoms with Crippen molar-refractivity contribution in [2.45, 2.75) is 19.8 Å². The number of carbonyl (C=O) groups is 2. The van der Waals surface area contributed by atoms with E-state index < -0.39 is 5.97 Å². The van der Waals surface area contributed by atoms with Gasteiger partial charge in [0.1, 0.15) is 18.1 Å². The number of esters is 1. The van der Waals surface area contributed by atoms with Crippen LogP contribution < -0.4 is 10.1 Å². The van der Waals surface area contributed by atoms with Crippen molar-refractivity contribution in [1.29, 1.82) is 0 Å². The minimum atomic E-state index is -0.517. The highest BCUT2D eigenvalue weighted by Gasteiger charge is 2.10. The monoisotopic (exact) mass is 392 g/mol. The van der Waals surface area contributed by atoms with Gasteiger partial charge < -0.3 is 14.8 Å². The van der Waals surface area contributed by atoms with Crippen molar-refractivity contribution in [2.75, 3.05) is 20.3 Å². The van der Waals surface area contributed by atoms with Crippen LogP contribution >= 0.6 is 0 Å². The minimum absolute atomic E-state index is 0.0700. The summed E-state index contributed by atoms with van der Waals surface area (Å²) in [6.07, 6.45) is 1.07. The summed E-state index contributed by atoms with van der Waals surface area (Å²) in [5, 5.41) is 3.64. The van der Waals surface area contributed by atoms with Gasteiger partial charge in [-0.05, 0) is 43.2 Å². The molecule has 0 spiro atoms. The van der Waals surface area contributed by atoms with Gasteiger partial charge in [-0.3, -0.25) is 4.79 Å². The smallest absolute Gasteiger partial charge is 0.357 e.